The van der Waals surface area contributed by atoms with Crippen LogP contribution >= 0.6 is 0 Å². The quantitative estimate of drug-likeness (QED) is 0.126. The van der Waals surface area contributed by atoms with E-state index in [0.29, 0.717) is 12.8 Å². The van der Waals surface area contributed by atoms with Gasteiger partial charge in [-0.25, -0.2) is 0 Å². The van der Waals surface area contributed by atoms with E-state index in [1.807, 2.05) is 0 Å². The lowest BCUT2D eigenvalue weighted by Gasteiger charge is -2.40. The van der Waals surface area contributed by atoms with Crippen LogP contribution in [0.4, 0.5) is 0 Å². The van der Waals surface area contributed by atoms with Crippen molar-refractivity contribution in [3.63, 3.8) is 0 Å². The minimum atomic E-state index is -1.55. The maximum atomic E-state index is 12.1. The molecule has 0 aromatic heterocycles. The van der Waals surface area contributed by atoms with E-state index in [2.05, 4.69) is 73.0 Å². The Balaban J connectivity index is 2.06. The van der Waals surface area contributed by atoms with Crippen molar-refractivity contribution in [1.82, 2.24) is 5.32 Å². The molecular weight excluding hydrogens is 486 g/mol. The van der Waals surface area contributed by atoms with E-state index in [0.717, 1.165) is 44.9 Å². The van der Waals surface area contributed by atoms with Gasteiger partial charge < -0.3 is 30.5 Å². The van der Waals surface area contributed by atoms with Gasteiger partial charge in [-0.3, -0.25) is 9.59 Å². The highest BCUT2D eigenvalue weighted by Crippen LogP contribution is 2.20. The van der Waals surface area contributed by atoms with Gasteiger partial charge in [-0.1, -0.05) is 67.7 Å². The lowest BCUT2D eigenvalue weighted by atomic mass is 9.97. The summed E-state index contributed by atoms with van der Waals surface area (Å²) in [5.74, 6) is -0.370. The van der Waals surface area contributed by atoms with Crippen molar-refractivity contribution in [2.24, 2.45) is 0 Å². The first kappa shape index (κ1) is 33.7. The molecule has 1 aliphatic heterocycles. The Labute approximate surface area is 227 Å². The highest BCUT2D eigenvalue weighted by molar-refractivity contribution is 5.80. The molecule has 5 N–H and O–H groups in total. The zero-order valence-corrected chi connectivity index (χ0v) is 22.7. The number of hydrogen-bond donors (Lipinski definition) is 5. The number of nitrogens with one attached hydrogen (secondary N) is 1. The van der Waals surface area contributed by atoms with Gasteiger partial charge in [0.05, 0.1) is 6.61 Å². The molecule has 1 aliphatic rings. The Bertz CT molecular complexity index is 802. The lowest BCUT2D eigenvalue weighted by molar-refractivity contribution is -0.253. The van der Waals surface area contributed by atoms with Crippen LogP contribution in [0.1, 0.15) is 77.6 Å². The van der Waals surface area contributed by atoms with E-state index >= 15 is 0 Å². The first-order valence-corrected chi connectivity index (χ1v) is 13.8. The van der Waals surface area contributed by atoms with Gasteiger partial charge in [0.1, 0.15) is 30.1 Å². The SMILES string of the molecule is CC/C=C\C/C=C\C/C=C\C/C=C\C/C=C\CCCC(=O)CCCC(=O)NC1[C@H](O)OC(CO)[C@@H](O)[C@H]1O. The fourth-order valence-electron chi connectivity index (χ4n) is 3.87. The molecule has 0 aromatic carbocycles. The van der Waals surface area contributed by atoms with Crippen LogP contribution in [0.25, 0.3) is 0 Å². The molecule has 1 rings (SSSR count). The average Bonchev–Trinajstić information content (AvgIpc) is 2.90. The van der Waals surface area contributed by atoms with Crippen LogP contribution < -0.4 is 5.32 Å². The highest BCUT2D eigenvalue weighted by atomic mass is 16.6. The van der Waals surface area contributed by atoms with Crippen LogP contribution in [0.2, 0.25) is 0 Å². The minimum absolute atomic E-state index is 0.0516. The molecule has 0 spiro atoms. The number of carbonyl (C=O) groups excluding carboxylic acids is 2. The van der Waals surface area contributed by atoms with Crippen molar-refractivity contribution in [3.05, 3.63) is 60.8 Å². The molecule has 1 amide bonds. The third-order valence-electron chi connectivity index (χ3n) is 6.07. The average molecular weight is 534 g/mol. The zero-order chi connectivity index (χ0) is 28.0. The van der Waals surface area contributed by atoms with E-state index < -0.39 is 43.2 Å². The topological polar surface area (TPSA) is 136 Å². The zero-order valence-electron chi connectivity index (χ0n) is 22.7. The Morgan fingerprint density at radius 2 is 1.26 bits per heavy atom. The van der Waals surface area contributed by atoms with Gasteiger partial charge >= 0.3 is 0 Å². The normalized spacial score (nSPS) is 24.5. The van der Waals surface area contributed by atoms with E-state index in [4.69, 9.17) is 9.84 Å². The summed E-state index contributed by atoms with van der Waals surface area (Å²) in [5, 5.41) is 41.4. The van der Waals surface area contributed by atoms with Crippen molar-refractivity contribution in [1.29, 1.82) is 0 Å². The largest absolute Gasteiger partial charge is 0.394 e. The molecule has 0 bridgehead atoms. The number of hydrogen-bond acceptors (Lipinski definition) is 7. The molecule has 8 nitrogen and oxygen atoms in total. The van der Waals surface area contributed by atoms with Crippen molar-refractivity contribution in [2.45, 2.75) is 108 Å². The molecule has 1 saturated heterocycles. The first-order valence-electron chi connectivity index (χ1n) is 13.8. The summed E-state index contributed by atoms with van der Waals surface area (Å²) in [4.78, 5) is 24.2. The number of ether oxygens (including phenoxy) is 1. The maximum Gasteiger partial charge on any atom is 0.220 e. The summed E-state index contributed by atoms with van der Waals surface area (Å²) in [5.41, 5.74) is 0. The molecule has 8 heteroatoms. The summed E-state index contributed by atoms with van der Waals surface area (Å²) < 4.78 is 5.01. The van der Waals surface area contributed by atoms with E-state index in [1.165, 1.54) is 0 Å². The maximum absolute atomic E-state index is 12.1. The number of carbonyl (C=O) groups is 2. The van der Waals surface area contributed by atoms with Crippen molar-refractivity contribution in [2.75, 3.05) is 6.61 Å². The molecule has 0 radical (unpaired) electrons. The predicted octanol–water partition coefficient (Wildman–Crippen LogP) is 3.56. The van der Waals surface area contributed by atoms with Crippen molar-refractivity contribution < 1.29 is 34.8 Å². The summed E-state index contributed by atoms with van der Waals surface area (Å²) >= 11 is 0. The molecule has 214 valence electrons. The van der Waals surface area contributed by atoms with Crippen LogP contribution in [0, 0.1) is 0 Å². The van der Waals surface area contributed by atoms with Crippen LogP contribution in [0.5, 0.6) is 0 Å². The molecule has 0 aromatic rings. The van der Waals surface area contributed by atoms with Crippen LogP contribution in [0.15, 0.2) is 60.8 Å². The summed E-state index contributed by atoms with van der Waals surface area (Å²) in [7, 11) is 0. The summed E-state index contributed by atoms with van der Waals surface area (Å²) in [6, 6.07) is -1.21. The fourth-order valence-corrected chi connectivity index (χ4v) is 3.87. The van der Waals surface area contributed by atoms with Crippen LogP contribution in [0.3, 0.4) is 0 Å². The number of ketones is 1. The number of allylic oxidation sites excluding steroid dienone is 10. The molecule has 0 saturated carbocycles. The Kier molecular flexibility index (Phi) is 19.1. The summed E-state index contributed by atoms with van der Waals surface area (Å²) in [6.07, 6.45) is 23.5. The monoisotopic (exact) mass is 533 g/mol. The first-order chi connectivity index (χ1) is 18.4. The molecule has 1 fully saturated rings. The smallest absolute Gasteiger partial charge is 0.220 e. The number of aliphatic hydroxyl groups excluding tert-OH is 4. The second-order valence-corrected chi connectivity index (χ2v) is 9.31. The Morgan fingerprint density at radius 3 is 1.82 bits per heavy atom. The van der Waals surface area contributed by atoms with E-state index in [1.54, 1.807) is 0 Å². The van der Waals surface area contributed by atoms with Crippen molar-refractivity contribution >= 4 is 11.7 Å². The van der Waals surface area contributed by atoms with Gasteiger partial charge in [0.15, 0.2) is 6.29 Å². The van der Waals surface area contributed by atoms with Crippen LogP contribution in [-0.4, -0.2) is 69.4 Å². The van der Waals surface area contributed by atoms with Crippen molar-refractivity contribution in [3.8, 4) is 0 Å². The van der Waals surface area contributed by atoms with Gasteiger partial charge in [-0.2, -0.15) is 0 Å². The number of unbranched alkanes of at least 4 members (excludes halogenated alkanes) is 1. The van der Waals surface area contributed by atoms with E-state index in [-0.39, 0.29) is 18.6 Å². The molecule has 2 unspecified atom stereocenters. The van der Waals surface area contributed by atoms with Gasteiger partial charge in [-0.15, -0.1) is 0 Å². The predicted molar refractivity (Wildman–Crippen MR) is 149 cm³/mol. The van der Waals surface area contributed by atoms with Gasteiger partial charge in [0.25, 0.3) is 0 Å². The molecule has 5 atom stereocenters. The molecular formula is C30H47NO7. The van der Waals surface area contributed by atoms with Gasteiger partial charge in [-0.05, 0) is 51.4 Å². The lowest BCUT2D eigenvalue weighted by Crippen LogP contribution is -2.64. The number of aliphatic hydroxyl groups is 4. The molecule has 38 heavy (non-hydrogen) atoms. The Hall–Kier alpha value is -2.36. The second kappa shape index (κ2) is 21.6. The minimum Gasteiger partial charge on any atom is -0.394 e. The summed E-state index contributed by atoms with van der Waals surface area (Å²) in [6.45, 7) is 1.56. The van der Waals surface area contributed by atoms with Gasteiger partial charge in [0.2, 0.25) is 5.91 Å². The number of rotatable bonds is 19. The van der Waals surface area contributed by atoms with Gasteiger partial charge in [0, 0.05) is 19.3 Å². The third kappa shape index (κ3) is 15.1. The number of amides is 1. The molecule has 1 heterocycles. The number of Topliss-reactive ketones (excluding diaryl/α,β-unsaturated/α-hetero) is 1. The molecule has 0 aliphatic carbocycles. The standard InChI is InChI=1S/C30H47NO7/c1-2-3-4-5-6-7-8-9-10-11-12-13-14-15-16-17-18-20-24(33)21-19-22-26(34)31-27-29(36)28(35)25(23-32)38-30(27)37/h3-4,6-7,9-10,12-13,15-16,25,27-30,32,35-37H,2,5,8,11,14,17-23H2,1H3,(H,31,34)/b4-3-,7-6-,10-9-,13-12-,16-15-/t25?,27?,28-,29+,30-/m1/s1. The Morgan fingerprint density at radius 1 is 0.737 bits per heavy atom. The van der Waals surface area contributed by atoms with E-state index in [9.17, 15) is 24.9 Å². The third-order valence-corrected chi connectivity index (χ3v) is 6.07. The second-order valence-electron chi connectivity index (χ2n) is 9.31. The fraction of sp³-hybridized carbons (Fsp3) is 0.600. The highest BCUT2D eigenvalue weighted by Gasteiger charge is 2.44. The van der Waals surface area contributed by atoms with Crippen LogP contribution in [-0.2, 0) is 14.3 Å².